The van der Waals surface area contributed by atoms with E-state index in [1.54, 1.807) is 6.20 Å². The highest BCUT2D eigenvalue weighted by molar-refractivity contribution is 5.76. The second-order valence-corrected chi connectivity index (χ2v) is 7.12. The van der Waals surface area contributed by atoms with E-state index in [2.05, 4.69) is 14.5 Å². The number of rotatable bonds is 6. The van der Waals surface area contributed by atoms with E-state index >= 15 is 0 Å². The van der Waals surface area contributed by atoms with Gasteiger partial charge in [-0.15, -0.1) is 0 Å². The molecule has 0 radical (unpaired) electrons. The number of fused-ring (bicyclic) bond motifs is 1. The molecule has 3 heterocycles. The Bertz CT molecular complexity index is 711. The Balaban J connectivity index is 1.38. The number of pyridine rings is 1. The van der Waals surface area contributed by atoms with Crippen molar-refractivity contribution in [3.63, 3.8) is 0 Å². The second kappa shape index (κ2) is 7.35. The summed E-state index contributed by atoms with van der Waals surface area (Å²) in [4.78, 5) is 23.3. The van der Waals surface area contributed by atoms with Crippen molar-refractivity contribution in [2.75, 3.05) is 13.2 Å². The standard InChI is InChI=1S/C19H24N4O2/c24-19(9-15-4-5-15)23-11-16(10-22-8-7-21-18(22)12-23)13-25-14-17-3-1-2-6-20-17/h1-3,6-8,15-16H,4-5,9-14H2/t16-/m0/s1. The van der Waals surface area contributed by atoms with Crippen LogP contribution in [0, 0.1) is 11.8 Å². The van der Waals surface area contributed by atoms with E-state index in [0.29, 0.717) is 32.1 Å². The van der Waals surface area contributed by atoms with Gasteiger partial charge in [-0.05, 0) is 30.9 Å². The van der Waals surface area contributed by atoms with Gasteiger partial charge in [0.2, 0.25) is 5.91 Å². The first kappa shape index (κ1) is 16.3. The molecule has 4 rings (SSSR count). The van der Waals surface area contributed by atoms with Crippen molar-refractivity contribution < 1.29 is 9.53 Å². The van der Waals surface area contributed by atoms with E-state index in [-0.39, 0.29) is 11.8 Å². The minimum Gasteiger partial charge on any atom is -0.375 e. The molecule has 1 atom stereocenters. The Kier molecular flexibility index (Phi) is 4.78. The van der Waals surface area contributed by atoms with Crippen LogP contribution in [0.25, 0.3) is 0 Å². The molecule has 1 amide bonds. The first-order valence-corrected chi connectivity index (χ1v) is 9.03. The van der Waals surface area contributed by atoms with Crippen LogP contribution in [0.5, 0.6) is 0 Å². The average molecular weight is 340 g/mol. The number of amides is 1. The van der Waals surface area contributed by atoms with Crippen LogP contribution >= 0.6 is 0 Å². The van der Waals surface area contributed by atoms with Gasteiger partial charge >= 0.3 is 0 Å². The van der Waals surface area contributed by atoms with Crippen LogP contribution in [0.1, 0.15) is 30.8 Å². The zero-order chi connectivity index (χ0) is 17.1. The normalized spacial score (nSPS) is 20.2. The molecule has 6 heteroatoms. The minimum atomic E-state index is 0.258. The summed E-state index contributed by atoms with van der Waals surface area (Å²) in [7, 11) is 0. The van der Waals surface area contributed by atoms with Crippen LogP contribution in [0.4, 0.5) is 0 Å². The van der Waals surface area contributed by atoms with Gasteiger partial charge in [-0.1, -0.05) is 6.07 Å². The molecule has 0 unspecified atom stereocenters. The number of imidazole rings is 1. The molecule has 0 N–H and O–H groups in total. The molecule has 2 aromatic rings. The first-order chi connectivity index (χ1) is 12.3. The van der Waals surface area contributed by atoms with Crippen molar-refractivity contribution in [1.29, 1.82) is 0 Å². The van der Waals surface area contributed by atoms with Gasteiger partial charge in [0.05, 0.1) is 25.5 Å². The molecule has 0 saturated heterocycles. The highest BCUT2D eigenvalue weighted by Crippen LogP contribution is 2.33. The third-order valence-electron chi connectivity index (χ3n) is 4.91. The summed E-state index contributed by atoms with van der Waals surface area (Å²) < 4.78 is 8.05. The van der Waals surface area contributed by atoms with Gasteiger partial charge in [-0.25, -0.2) is 4.98 Å². The lowest BCUT2D eigenvalue weighted by atomic mass is 10.1. The van der Waals surface area contributed by atoms with E-state index in [9.17, 15) is 4.79 Å². The summed E-state index contributed by atoms with van der Waals surface area (Å²) >= 11 is 0. The predicted molar refractivity (Wildman–Crippen MR) is 92.4 cm³/mol. The van der Waals surface area contributed by atoms with E-state index in [4.69, 9.17) is 4.74 Å². The van der Waals surface area contributed by atoms with Gasteiger partial charge < -0.3 is 14.2 Å². The molecular weight excluding hydrogens is 316 g/mol. The molecule has 0 bridgehead atoms. The fourth-order valence-electron chi connectivity index (χ4n) is 3.35. The lowest BCUT2D eigenvalue weighted by Crippen LogP contribution is -2.35. The smallest absolute Gasteiger partial charge is 0.223 e. The SMILES string of the molecule is O=C(CC1CC1)N1Cc2nccn2C[C@H](COCc2ccccn2)C1. The van der Waals surface area contributed by atoms with Crippen molar-refractivity contribution in [3.05, 3.63) is 48.3 Å². The molecule has 132 valence electrons. The van der Waals surface area contributed by atoms with Crippen LogP contribution < -0.4 is 0 Å². The summed E-state index contributed by atoms with van der Waals surface area (Å²) in [6.07, 6.45) is 8.67. The summed E-state index contributed by atoms with van der Waals surface area (Å²) in [5, 5.41) is 0. The summed E-state index contributed by atoms with van der Waals surface area (Å²) in [6, 6.07) is 5.83. The van der Waals surface area contributed by atoms with Gasteiger partial charge in [0.25, 0.3) is 0 Å². The van der Waals surface area contributed by atoms with Gasteiger partial charge in [0.15, 0.2) is 0 Å². The number of carbonyl (C=O) groups is 1. The maximum atomic E-state index is 12.6. The van der Waals surface area contributed by atoms with Crippen LogP contribution in [0.3, 0.4) is 0 Å². The fourth-order valence-corrected chi connectivity index (χ4v) is 3.35. The topological polar surface area (TPSA) is 60.2 Å². The highest BCUT2D eigenvalue weighted by Gasteiger charge is 2.30. The summed E-state index contributed by atoms with van der Waals surface area (Å²) in [6.45, 7) is 3.29. The van der Waals surface area contributed by atoms with Crippen molar-refractivity contribution >= 4 is 5.91 Å². The Hall–Kier alpha value is -2.21. The number of aromatic nitrogens is 3. The maximum absolute atomic E-state index is 12.6. The van der Waals surface area contributed by atoms with Gasteiger partial charge in [-0.2, -0.15) is 0 Å². The largest absolute Gasteiger partial charge is 0.375 e. The number of carbonyl (C=O) groups excluding carboxylic acids is 1. The van der Waals surface area contributed by atoms with Crippen LogP contribution in [0.2, 0.25) is 0 Å². The number of ether oxygens (including phenoxy) is 1. The number of hydrogen-bond acceptors (Lipinski definition) is 4. The van der Waals surface area contributed by atoms with E-state index in [1.807, 2.05) is 35.5 Å². The molecular formula is C19H24N4O2. The minimum absolute atomic E-state index is 0.258. The average Bonchev–Trinajstić information content (AvgIpc) is 3.37. The van der Waals surface area contributed by atoms with E-state index in [0.717, 1.165) is 24.6 Å². The van der Waals surface area contributed by atoms with Crippen LogP contribution in [-0.4, -0.2) is 38.5 Å². The van der Waals surface area contributed by atoms with Crippen LogP contribution in [0.15, 0.2) is 36.8 Å². The lowest BCUT2D eigenvalue weighted by molar-refractivity contribution is -0.133. The van der Waals surface area contributed by atoms with Crippen molar-refractivity contribution in [1.82, 2.24) is 19.4 Å². The monoisotopic (exact) mass is 340 g/mol. The van der Waals surface area contributed by atoms with Gasteiger partial charge in [0, 0.05) is 44.0 Å². The maximum Gasteiger partial charge on any atom is 0.223 e. The van der Waals surface area contributed by atoms with Crippen molar-refractivity contribution in [2.24, 2.45) is 11.8 Å². The lowest BCUT2D eigenvalue weighted by Gasteiger charge is -2.24. The molecule has 2 aliphatic rings. The summed E-state index contributed by atoms with van der Waals surface area (Å²) in [5.41, 5.74) is 0.932. The third-order valence-corrected chi connectivity index (χ3v) is 4.91. The molecule has 1 fully saturated rings. The van der Waals surface area contributed by atoms with Crippen LogP contribution in [-0.2, 0) is 29.2 Å². The zero-order valence-electron chi connectivity index (χ0n) is 14.4. The molecule has 1 aliphatic heterocycles. The quantitative estimate of drug-likeness (QED) is 0.809. The Labute approximate surface area is 147 Å². The predicted octanol–water partition coefficient (Wildman–Crippen LogP) is 2.25. The molecule has 0 spiro atoms. The fraction of sp³-hybridized carbons (Fsp3) is 0.526. The molecule has 1 aliphatic carbocycles. The number of hydrogen-bond donors (Lipinski definition) is 0. The molecule has 1 saturated carbocycles. The Morgan fingerprint density at radius 3 is 2.88 bits per heavy atom. The van der Waals surface area contributed by atoms with E-state index < -0.39 is 0 Å². The highest BCUT2D eigenvalue weighted by atomic mass is 16.5. The molecule has 0 aromatic carbocycles. The second-order valence-electron chi connectivity index (χ2n) is 7.12. The molecule has 2 aromatic heterocycles. The molecule has 25 heavy (non-hydrogen) atoms. The zero-order valence-corrected chi connectivity index (χ0v) is 14.4. The van der Waals surface area contributed by atoms with Crippen molar-refractivity contribution in [3.8, 4) is 0 Å². The molecule has 6 nitrogen and oxygen atoms in total. The Morgan fingerprint density at radius 1 is 1.16 bits per heavy atom. The third kappa shape index (κ3) is 4.25. The summed E-state index contributed by atoms with van der Waals surface area (Å²) in [5.74, 6) is 2.10. The van der Waals surface area contributed by atoms with Gasteiger partial charge in [0.1, 0.15) is 5.82 Å². The van der Waals surface area contributed by atoms with Crippen molar-refractivity contribution in [2.45, 2.75) is 39.0 Å². The first-order valence-electron chi connectivity index (χ1n) is 9.03. The van der Waals surface area contributed by atoms with E-state index in [1.165, 1.54) is 12.8 Å². The van der Waals surface area contributed by atoms with Gasteiger partial charge in [-0.3, -0.25) is 9.78 Å². The number of nitrogens with zero attached hydrogens (tertiary/aromatic N) is 4. The Morgan fingerprint density at radius 2 is 2.08 bits per heavy atom.